The molecular weight excluding hydrogens is 286 g/mol. The molecule has 1 aliphatic carbocycles. The first kappa shape index (κ1) is 15.5. The lowest BCUT2D eigenvalue weighted by atomic mass is 10.1. The van der Waals surface area contributed by atoms with Crippen molar-refractivity contribution in [2.24, 2.45) is 5.73 Å². The third-order valence-electron chi connectivity index (χ3n) is 3.53. The number of aromatic nitrogens is 1. The number of carbonyl (C=O) groups excluding carboxylic acids is 1. The van der Waals surface area contributed by atoms with E-state index >= 15 is 0 Å². The van der Waals surface area contributed by atoms with Crippen molar-refractivity contribution in [3.05, 3.63) is 48.2 Å². The van der Waals surface area contributed by atoms with Crippen molar-refractivity contribution in [1.29, 1.82) is 0 Å². The number of nitrogens with one attached hydrogen (secondary N) is 1. The molecular formula is C16H18ClN3O. The summed E-state index contributed by atoms with van der Waals surface area (Å²) in [4.78, 5) is 15.6. The number of hydrogen-bond donors (Lipinski definition) is 2. The van der Waals surface area contributed by atoms with Crippen LogP contribution in [0, 0.1) is 0 Å². The maximum absolute atomic E-state index is 11.1. The van der Waals surface area contributed by atoms with Crippen LogP contribution >= 0.6 is 12.4 Å². The third-order valence-corrected chi connectivity index (χ3v) is 3.53. The summed E-state index contributed by atoms with van der Waals surface area (Å²) >= 11 is 0. The highest BCUT2D eigenvalue weighted by atomic mass is 35.5. The van der Waals surface area contributed by atoms with Crippen molar-refractivity contribution >= 4 is 24.0 Å². The lowest BCUT2D eigenvalue weighted by molar-refractivity contribution is -0.114. The first-order chi connectivity index (χ1) is 9.63. The minimum atomic E-state index is -0.0758. The molecule has 3 rings (SSSR count). The molecule has 1 heterocycles. The molecule has 1 aromatic carbocycles. The number of rotatable bonds is 3. The number of nitrogens with zero attached hydrogens (tertiary/aromatic N) is 1. The molecule has 0 spiro atoms. The average Bonchev–Trinajstić information content (AvgIpc) is 3.16. The first-order valence-corrected chi connectivity index (χ1v) is 6.73. The molecule has 4 nitrogen and oxygen atoms in total. The molecule has 110 valence electrons. The molecule has 0 bridgehead atoms. The average molecular weight is 304 g/mol. The number of hydrogen-bond acceptors (Lipinski definition) is 3. The summed E-state index contributed by atoms with van der Waals surface area (Å²) in [6, 6.07) is 12.1. The van der Waals surface area contributed by atoms with Gasteiger partial charge in [0.15, 0.2) is 0 Å². The predicted molar refractivity (Wildman–Crippen MR) is 86.6 cm³/mol. The number of halogens is 1. The van der Waals surface area contributed by atoms with E-state index in [1.807, 2.05) is 36.5 Å². The zero-order valence-corrected chi connectivity index (χ0v) is 12.6. The molecule has 1 aliphatic rings. The molecule has 1 aromatic heterocycles. The Hall–Kier alpha value is -1.91. The van der Waals surface area contributed by atoms with E-state index in [0.29, 0.717) is 12.0 Å². The van der Waals surface area contributed by atoms with E-state index < -0.39 is 0 Å². The van der Waals surface area contributed by atoms with Crippen molar-refractivity contribution in [2.75, 3.05) is 5.32 Å². The van der Waals surface area contributed by atoms with Crippen LogP contribution in [0.25, 0.3) is 11.3 Å². The molecule has 3 N–H and O–H groups in total. The Bertz CT molecular complexity index is 642. The van der Waals surface area contributed by atoms with Crippen LogP contribution in [0.3, 0.4) is 0 Å². The van der Waals surface area contributed by atoms with Crippen molar-refractivity contribution in [1.82, 2.24) is 4.98 Å². The summed E-state index contributed by atoms with van der Waals surface area (Å²) in [5.41, 5.74) is 9.72. The summed E-state index contributed by atoms with van der Waals surface area (Å²) in [7, 11) is 0. The van der Waals surface area contributed by atoms with Crippen molar-refractivity contribution in [3.8, 4) is 11.3 Å². The number of carbonyl (C=O) groups is 1. The summed E-state index contributed by atoms with van der Waals surface area (Å²) in [5.74, 6) is 0.399. The van der Waals surface area contributed by atoms with Gasteiger partial charge in [-0.3, -0.25) is 9.78 Å². The largest absolute Gasteiger partial charge is 0.327 e. The molecule has 1 fully saturated rings. The Balaban J connectivity index is 0.00000161. The topological polar surface area (TPSA) is 68.0 Å². The predicted octanol–water partition coefficient (Wildman–Crippen LogP) is 2.94. The first-order valence-electron chi connectivity index (χ1n) is 6.73. The number of nitrogens with two attached hydrogens (primary N) is 1. The third kappa shape index (κ3) is 3.60. The summed E-state index contributed by atoms with van der Waals surface area (Å²) in [6.45, 7) is 1.50. The van der Waals surface area contributed by atoms with Crippen molar-refractivity contribution in [2.45, 2.75) is 25.3 Å². The second-order valence-electron chi connectivity index (χ2n) is 5.24. The van der Waals surface area contributed by atoms with Crippen LogP contribution in [-0.2, 0) is 4.79 Å². The Labute approximate surface area is 130 Å². The van der Waals surface area contributed by atoms with Crippen LogP contribution in [0.15, 0.2) is 42.6 Å². The Morgan fingerprint density at radius 2 is 2.10 bits per heavy atom. The standard InChI is InChI=1S/C16H17N3O.ClH/c1-10(20)19-13-4-2-3-11(7-13)16-6-5-12(9-18-16)14-8-15(14)17;/h2-7,9,14-15H,8,17H2,1H3,(H,19,20);1H. The highest BCUT2D eigenvalue weighted by Gasteiger charge is 2.34. The molecule has 21 heavy (non-hydrogen) atoms. The SMILES string of the molecule is CC(=O)Nc1cccc(-c2ccc(C3CC3N)cn2)c1.Cl. The fourth-order valence-corrected chi connectivity index (χ4v) is 2.35. The van der Waals surface area contributed by atoms with Gasteiger partial charge in [-0.1, -0.05) is 18.2 Å². The van der Waals surface area contributed by atoms with Gasteiger partial charge < -0.3 is 11.1 Å². The maximum atomic E-state index is 11.1. The molecule has 0 saturated heterocycles. The Morgan fingerprint density at radius 1 is 1.33 bits per heavy atom. The molecule has 2 atom stereocenters. The molecule has 1 amide bonds. The van der Waals surface area contributed by atoms with E-state index in [-0.39, 0.29) is 18.3 Å². The van der Waals surface area contributed by atoms with Crippen molar-refractivity contribution in [3.63, 3.8) is 0 Å². The normalized spacial score (nSPS) is 19.5. The lowest BCUT2D eigenvalue weighted by Crippen LogP contribution is -2.05. The van der Waals surface area contributed by atoms with Crippen LogP contribution in [0.2, 0.25) is 0 Å². The quantitative estimate of drug-likeness (QED) is 0.916. The van der Waals surface area contributed by atoms with Crippen molar-refractivity contribution < 1.29 is 4.79 Å². The second kappa shape index (κ2) is 6.24. The fraction of sp³-hybridized carbons (Fsp3) is 0.250. The van der Waals surface area contributed by atoms with E-state index in [9.17, 15) is 4.79 Å². The molecule has 0 aliphatic heterocycles. The summed E-state index contributed by atoms with van der Waals surface area (Å²) in [5, 5.41) is 2.78. The minimum Gasteiger partial charge on any atom is -0.327 e. The monoisotopic (exact) mass is 303 g/mol. The van der Waals surface area contributed by atoms with Gasteiger partial charge in [-0.25, -0.2) is 0 Å². The van der Waals surface area contributed by atoms with Crippen LogP contribution < -0.4 is 11.1 Å². The van der Waals surface area contributed by atoms with Gasteiger partial charge in [-0.2, -0.15) is 0 Å². The number of benzene rings is 1. The van der Waals surface area contributed by atoms with Gasteiger partial charge in [-0.05, 0) is 30.2 Å². The second-order valence-corrected chi connectivity index (χ2v) is 5.24. The zero-order valence-electron chi connectivity index (χ0n) is 11.7. The molecule has 2 unspecified atom stereocenters. The molecule has 2 aromatic rings. The molecule has 5 heteroatoms. The summed E-state index contributed by atoms with van der Waals surface area (Å²) in [6.07, 6.45) is 2.96. The van der Waals surface area contributed by atoms with E-state index in [1.54, 1.807) is 0 Å². The maximum Gasteiger partial charge on any atom is 0.221 e. The number of anilines is 1. The van der Waals surface area contributed by atoms with Gasteiger partial charge in [0, 0.05) is 36.3 Å². The molecule has 0 radical (unpaired) electrons. The highest BCUT2D eigenvalue weighted by Crippen LogP contribution is 2.38. The van der Waals surface area contributed by atoms with Gasteiger partial charge in [0.1, 0.15) is 0 Å². The molecule has 1 saturated carbocycles. The van der Waals surface area contributed by atoms with E-state index in [4.69, 9.17) is 5.73 Å². The van der Waals surface area contributed by atoms with Crippen LogP contribution in [0.4, 0.5) is 5.69 Å². The highest BCUT2D eigenvalue weighted by molar-refractivity contribution is 5.89. The van der Waals surface area contributed by atoms with Crippen LogP contribution in [0.1, 0.15) is 24.8 Å². The van der Waals surface area contributed by atoms with E-state index in [1.165, 1.54) is 12.5 Å². The van der Waals surface area contributed by atoms with E-state index in [2.05, 4.69) is 16.4 Å². The van der Waals surface area contributed by atoms with Gasteiger partial charge in [-0.15, -0.1) is 12.4 Å². The zero-order chi connectivity index (χ0) is 14.1. The van der Waals surface area contributed by atoms with E-state index in [0.717, 1.165) is 23.4 Å². The van der Waals surface area contributed by atoms with Crippen LogP contribution in [-0.4, -0.2) is 16.9 Å². The van der Waals surface area contributed by atoms with Gasteiger partial charge in [0.2, 0.25) is 5.91 Å². The number of amides is 1. The minimum absolute atomic E-state index is 0. The fourth-order valence-electron chi connectivity index (χ4n) is 2.35. The Kier molecular flexibility index (Phi) is 4.60. The summed E-state index contributed by atoms with van der Waals surface area (Å²) < 4.78 is 0. The van der Waals surface area contributed by atoms with Crippen LogP contribution in [0.5, 0.6) is 0 Å². The smallest absolute Gasteiger partial charge is 0.221 e. The lowest BCUT2D eigenvalue weighted by Gasteiger charge is -2.06. The Morgan fingerprint density at radius 3 is 2.67 bits per heavy atom. The van der Waals surface area contributed by atoms with Gasteiger partial charge >= 0.3 is 0 Å². The van der Waals surface area contributed by atoms with Gasteiger partial charge in [0.25, 0.3) is 0 Å². The van der Waals surface area contributed by atoms with Gasteiger partial charge in [0.05, 0.1) is 5.69 Å². The number of pyridine rings is 1.